The standard InChI is InChI=1S/C6H3N5O5.Ag/c12-3-1-2(10(13)14)6(11(15)16)5-4(3)7-9-8-5;/h1,12H,(H,7,8,9);/q;+1. The number of nitro benzene ring substituents is 2. The van der Waals surface area contributed by atoms with Gasteiger partial charge in [0.15, 0.2) is 11.3 Å². The van der Waals surface area contributed by atoms with E-state index >= 15 is 0 Å². The van der Waals surface area contributed by atoms with Crippen molar-refractivity contribution in [2.24, 2.45) is 0 Å². The number of aromatic nitrogens is 3. The fourth-order valence-electron chi connectivity index (χ4n) is 1.28. The van der Waals surface area contributed by atoms with Crippen LogP contribution >= 0.6 is 0 Å². The molecule has 10 nitrogen and oxygen atoms in total. The van der Waals surface area contributed by atoms with Crippen molar-refractivity contribution >= 4 is 22.4 Å². The number of nitrogens with zero attached hydrogens (tertiary/aromatic N) is 4. The molecule has 0 unspecified atom stereocenters. The van der Waals surface area contributed by atoms with Gasteiger partial charge in [0.05, 0.1) is 15.9 Å². The molecule has 0 amide bonds. The topological polar surface area (TPSA) is 148 Å². The van der Waals surface area contributed by atoms with Crippen molar-refractivity contribution in [3.05, 3.63) is 26.3 Å². The summed E-state index contributed by atoms with van der Waals surface area (Å²) in [4.78, 5) is 19.4. The van der Waals surface area contributed by atoms with E-state index in [9.17, 15) is 25.3 Å². The number of nitrogens with one attached hydrogen (secondary N) is 1. The Hall–Kier alpha value is -2.04. The molecule has 0 aliphatic rings. The summed E-state index contributed by atoms with van der Waals surface area (Å²) in [5, 5.41) is 39.5. The number of rotatable bonds is 2. The summed E-state index contributed by atoms with van der Waals surface area (Å²) in [6.45, 7) is 0. The van der Waals surface area contributed by atoms with Crippen molar-refractivity contribution in [1.29, 1.82) is 0 Å². The Morgan fingerprint density at radius 2 is 1.76 bits per heavy atom. The minimum Gasteiger partial charge on any atom is -0.505 e. The van der Waals surface area contributed by atoms with E-state index in [2.05, 4.69) is 15.4 Å². The number of hydrogen-bond acceptors (Lipinski definition) is 7. The van der Waals surface area contributed by atoms with Crippen LogP contribution in [-0.4, -0.2) is 30.4 Å². The molecule has 92 valence electrons. The van der Waals surface area contributed by atoms with Crippen molar-refractivity contribution in [3.63, 3.8) is 0 Å². The first-order valence-electron chi connectivity index (χ1n) is 3.87. The predicted molar refractivity (Wildman–Crippen MR) is 48.9 cm³/mol. The van der Waals surface area contributed by atoms with E-state index < -0.39 is 27.0 Å². The number of fused-ring (bicyclic) bond motifs is 1. The van der Waals surface area contributed by atoms with Crippen LogP contribution < -0.4 is 0 Å². The van der Waals surface area contributed by atoms with Gasteiger partial charge in [-0.3, -0.25) is 20.2 Å². The smallest absolute Gasteiger partial charge is 0.505 e. The Labute approximate surface area is 107 Å². The SMILES string of the molecule is O=[N+]([O-])c1cc(O)c2n[nH]nc2c1[N+](=O)[O-].[Ag+]. The van der Waals surface area contributed by atoms with E-state index in [4.69, 9.17) is 0 Å². The van der Waals surface area contributed by atoms with Gasteiger partial charge in [-0.2, -0.15) is 10.3 Å². The zero-order valence-electron chi connectivity index (χ0n) is 7.75. The fourth-order valence-corrected chi connectivity index (χ4v) is 1.28. The van der Waals surface area contributed by atoms with E-state index in [0.717, 1.165) is 0 Å². The monoisotopic (exact) mass is 332 g/mol. The summed E-state index contributed by atoms with van der Waals surface area (Å²) in [5.41, 5.74) is -2.16. The van der Waals surface area contributed by atoms with Gasteiger partial charge < -0.3 is 5.11 Å². The van der Waals surface area contributed by atoms with Gasteiger partial charge in [-0.1, -0.05) is 0 Å². The first-order chi connectivity index (χ1) is 7.52. The molecule has 1 aromatic heterocycles. The van der Waals surface area contributed by atoms with Crippen LogP contribution in [0.3, 0.4) is 0 Å². The predicted octanol–water partition coefficient (Wildman–Crippen LogP) is 0.477. The molecule has 2 rings (SSSR count). The Balaban J connectivity index is 0.00000144. The Kier molecular flexibility index (Phi) is 3.41. The third-order valence-electron chi connectivity index (χ3n) is 1.91. The van der Waals surface area contributed by atoms with Crippen molar-refractivity contribution in [1.82, 2.24) is 15.4 Å². The van der Waals surface area contributed by atoms with Gasteiger partial charge in [0, 0.05) is 0 Å². The molecule has 1 heterocycles. The number of aromatic hydroxyl groups is 1. The molecule has 0 saturated heterocycles. The minimum atomic E-state index is -0.966. The number of hydrogen-bond donors (Lipinski definition) is 2. The maximum Gasteiger partial charge on any atom is 1.00 e. The van der Waals surface area contributed by atoms with Crippen LogP contribution in [0.25, 0.3) is 11.0 Å². The zero-order valence-corrected chi connectivity index (χ0v) is 9.23. The molecule has 0 fully saturated rings. The average molecular weight is 333 g/mol. The van der Waals surface area contributed by atoms with Crippen LogP contribution in [0, 0.1) is 20.2 Å². The molecule has 1 aromatic carbocycles. The Morgan fingerprint density at radius 3 is 2.29 bits per heavy atom. The van der Waals surface area contributed by atoms with E-state index in [1.54, 1.807) is 0 Å². The molecule has 11 heteroatoms. The molecule has 0 bridgehead atoms. The van der Waals surface area contributed by atoms with E-state index in [1.807, 2.05) is 0 Å². The molecule has 17 heavy (non-hydrogen) atoms. The molecule has 0 radical (unpaired) electrons. The second-order valence-electron chi connectivity index (χ2n) is 2.80. The quantitative estimate of drug-likeness (QED) is 0.461. The largest absolute Gasteiger partial charge is 1.00 e. The Morgan fingerprint density at radius 1 is 1.18 bits per heavy atom. The second kappa shape index (κ2) is 4.45. The second-order valence-corrected chi connectivity index (χ2v) is 2.80. The number of H-pyrrole nitrogens is 1. The normalized spacial score (nSPS) is 9.88. The van der Waals surface area contributed by atoms with Crippen LogP contribution in [0.2, 0.25) is 0 Å². The maximum absolute atomic E-state index is 10.7. The number of aromatic amines is 1. The van der Waals surface area contributed by atoms with Crippen LogP contribution in [0.1, 0.15) is 0 Å². The van der Waals surface area contributed by atoms with Crippen LogP contribution in [0.5, 0.6) is 5.75 Å². The van der Waals surface area contributed by atoms with E-state index in [-0.39, 0.29) is 33.4 Å². The number of nitro groups is 2. The summed E-state index contributed by atoms with van der Waals surface area (Å²) >= 11 is 0. The van der Waals surface area contributed by atoms with Gasteiger partial charge in [-0.15, -0.1) is 5.10 Å². The van der Waals surface area contributed by atoms with Gasteiger partial charge in [0.25, 0.3) is 0 Å². The van der Waals surface area contributed by atoms with E-state index in [0.29, 0.717) is 6.07 Å². The van der Waals surface area contributed by atoms with Crippen molar-refractivity contribution in [2.75, 3.05) is 0 Å². The maximum atomic E-state index is 10.7. The van der Waals surface area contributed by atoms with Crippen molar-refractivity contribution < 1.29 is 37.3 Å². The third kappa shape index (κ3) is 1.96. The fraction of sp³-hybridized carbons (Fsp3) is 0. The first-order valence-corrected chi connectivity index (χ1v) is 3.87. The van der Waals surface area contributed by atoms with Crippen LogP contribution in [0.15, 0.2) is 6.07 Å². The summed E-state index contributed by atoms with van der Waals surface area (Å²) in [6, 6.07) is 0.670. The number of benzene rings is 1. The number of phenols is 1. The molecular formula is C6H3AgN5O5+. The minimum absolute atomic E-state index is 0. The molecule has 2 N–H and O–H groups in total. The summed E-state index contributed by atoms with van der Waals surface area (Å²) < 4.78 is 0. The molecule has 0 aliphatic carbocycles. The van der Waals surface area contributed by atoms with Gasteiger partial charge in [0.2, 0.25) is 5.52 Å². The Bertz CT molecular complexity index is 610. The average Bonchev–Trinajstić information content (AvgIpc) is 2.65. The van der Waals surface area contributed by atoms with Gasteiger partial charge in [0.1, 0.15) is 0 Å². The number of phenolic OH excluding ortho intramolecular Hbond substituents is 1. The van der Waals surface area contributed by atoms with E-state index in [1.165, 1.54) is 0 Å². The van der Waals surface area contributed by atoms with Gasteiger partial charge in [-0.25, -0.2) is 0 Å². The molecule has 0 spiro atoms. The summed E-state index contributed by atoms with van der Waals surface area (Å²) in [5.74, 6) is -0.541. The summed E-state index contributed by atoms with van der Waals surface area (Å²) in [6.07, 6.45) is 0. The zero-order chi connectivity index (χ0) is 11.9. The molecule has 0 aliphatic heterocycles. The van der Waals surface area contributed by atoms with Crippen molar-refractivity contribution in [2.45, 2.75) is 0 Å². The third-order valence-corrected chi connectivity index (χ3v) is 1.91. The van der Waals surface area contributed by atoms with Crippen LogP contribution in [-0.2, 0) is 22.4 Å². The molecule has 0 atom stereocenters. The van der Waals surface area contributed by atoms with Crippen molar-refractivity contribution in [3.8, 4) is 5.75 Å². The molecular weight excluding hydrogens is 330 g/mol. The van der Waals surface area contributed by atoms with Gasteiger partial charge in [-0.05, 0) is 0 Å². The first kappa shape index (κ1) is 13.0. The summed E-state index contributed by atoms with van der Waals surface area (Å²) in [7, 11) is 0. The van der Waals surface area contributed by atoms with Crippen LogP contribution in [0.4, 0.5) is 11.4 Å². The van der Waals surface area contributed by atoms with Gasteiger partial charge >= 0.3 is 33.8 Å². The molecule has 0 saturated carbocycles. The molecule has 2 aromatic rings.